The molecule has 0 aromatic heterocycles. The van der Waals surface area contributed by atoms with Crippen LogP contribution in [0.2, 0.25) is 0 Å². The number of hydrogen-bond acceptors (Lipinski definition) is 4. The van der Waals surface area contributed by atoms with Gasteiger partial charge in [0, 0.05) is 13.1 Å². The molecule has 0 aliphatic carbocycles. The number of benzene rings is 1. The molecule has 0 saturated heterocycles. The molecule has 5 heteroatoms. The number of rotatable bonds is 9. The number of nitrogens with zero attached hydrogens (tertiary/aromatic N) is 1. The van der Waals surface area contributed by atoms with E-state index >= 15 is 0 Å². The average molecular weight is 294 g/mol. The van der Waals surface area contributed by atoms with Gasteiger partial charge in [0.25, 0.3) is 0 Å². The smallest absolute Gasteiger partial charge is 0.407 e. The van der Waals surface area contributed by atoms with Crippen molar-refractivity contribution in [1.29, 1.82) is 0 Å². The molecule has 118 valence electrons. The highest BCUT2D eigenvalue weighted by Crippen LogP contribution is 2.15. The summed E-state index contributed by atoms with van der Waals surface area (Å²) in [5.41, 5.74) is 2.19. The van der Waals surface area contributed by atoms with Crippen LogP contribution in [0.15, 0.2) is 24.3 Å². The molecule has 0 unspecified atom stereocenters. The standard InChI is InChI=1S/C16H26N2O3/c1-4-6-10-17-16(19)20-11-12-21-18(5-2)15-9-7-8-14(3)13-15/h7-9,13H,4-6,10-12H2,1-3H3,(H,17,19). The molecular formula is C16H26N2O3. The number of alkyl carbamates (subject to hydrolysis) is 1. The molecule has 0 aliphatic heterocycles. The number of anilines is 1. The van der Waals surface area contributed by atoms with Crippen LogP contribution in [0, 0.1) is 6.92 Å². The van der Waals surface area contributed by atoms with Crippen molar-refractivity contribution in [2.75, 3.05) is 31.4 Å². The summed E-state index contributed by atoms with van der Waals surface area (Å²) < 4.78 is 5.04. The Hall–Kier alpha value is -1.75. The van der Waals surface area contributed by atoms with E-state index in [9.17, 15) is 4.79 Å². The van der Waals surface area contributed by atoms with Gasteiger partial charge in [-0.3, -0.25) is 9.90 Å². The van der Waals surface area contributed by atoms with Gasteiger partial charge in [-0.15, -0.1) is 0 Å². The minimum Gasteiger partial charge on any atom is -0.447 e. The summed E-state index contributed by atoms with van der Waals surface area (Å²) >= 11 is 0. The molecule has 1 aromatic rings. The van der Waals surface area contributed by atoms with Crippen LogP contribution in [0.5, 0.6) is 0 Å². The van der Waals surface area contributed by atoms with Crippen molar-refractivity contribution >= 4 is 11.8 Å². The zero-order valence-corrected chi connectivity index (χ0v) is 13.2. The normalized spacial score (nSPS) is 10.2. The fraction of sp³-hybridized carbons (Fsp3) is 0.562. The summed E-state index contributed by atoms with van der Waals surface area (Å²) in [7, 11) is 0. The Bertz CT molecular complexity index is 424. The van der Waals surface area contributed by atoms with Crippen molar-refractivity contribution in [1.82, 2.24) is 5.32 Å². The molecule has 21 heavy (non-hydrogen) atoms. The maximum absolute atomic E-state index is 11.3. The summed E-state index contributed by atoms with van der Waals surface area (Å²) in [5, 5.41) is 4.49. The molecule has 1 rings (SSSR count). The minimum atomic E-state index is -0.384. The van der Waals surface area contributed by atoms with Crippen LogP contribution < -0.4 is 10.4 Å². The number of amides is 1. The molecule has 0 fully saturated rings. The van der Waals surface area contributed by atoms with Gasteiger partial charge in [-0.1, -0.05) is 25.5 Å². The van der Waals surface area contributed by atoms with Gasteiger partial charge in [0.15, 0.2) is 0 Å². The van der Waals surface area contributed by atoms with Crippen molar-refractivity contribution in [3.05, 3.63) is 29.8 Å². The highest BCUT2D eigenvalue weighted by molar-refractivity contribution is 5.66. The van der Waals surface area contributed by atoms with Crippen LogP contribution in [0.4, 0.5) is 10.5 Å². The monoisotopic (exact) mass is 294 g/mol. The van der Waals surface area contributed by atoms with Crippen LogP contribution in [-0.4, -0.2) is 32.4 Å². The van der Waals surface area contributed by atoms with Crippen molar-refractivity contribution in [2.24, 2.45) is 0 Å². The highest BCUT2D eigenvalue weighted by atomic mass is 16.7. The first-order valence-corrected chi connectivity index (χ1v) is 7.55. The lowest BCUT2D eigenvalue weighted by atomic mass is 10.2. The third-order valence-corrected chi connectivity index (χ3v) is 2.94. The molecule has 1 N–H and O–H groups in total. The van der Waals surface area contributed by atoms with E-state index in [2.05, 4.69) is 18.3 Å². The van der Waals surface area contributed by atoms with Gasteiger partial charge in [-0.2, -0.15) is 0 Å². The maximum atomic E-state index is 11.3. The van der Waals surface area contributed by atoms with E-state index in [1.165, 1.54) is 5.56 Å². The molecule has 0 heterocycles. The Labute approximate surface area is 127 Å². The van der Waals surface area contributed by atoms with E-state index in [0.29, 0.717) is 13.2 Å². The van der Waals surface area contributed by atoms with E-state index in [-0.39, 0.29) is 12.7 Å². The third-order valence-electron chi connectivity index (χ3n) is 2.94. The fourth-order valence-corrected chi connectivity index (χ4v) is 1.83. The first-order valence-electron chi connectivity index (χ1n) is 7.55. The number of hydrogen-bond donors (Lipinski definition) is 1. The van der Waals surface area contributed by atoms with Crippen molar-refractivity contribution in [3.63, 3.8) is 0 Å². The molecule has 0 atom stereocenters. The second kappa shape index (κ2) is 10.0. The summed E-state index contributed by atoms with van der Waals surface area (Å²) in [6.07, 6.45) is 1.62. The van der Waals surface area contributed by atoms with Gasteiger partial charge in [0.1, 0.15) is 13.2 Å². The molecule has 0 bridgehead atoms. The summed E-state index contributed by atoms with van der Waals surface area (Å²) in [4.78, 5) is 17.0. The predicted molar refractivity (Wildman–Crippen MR) is 84.4 cm³/mol. The molecule has 0 aliphatic rings. The van der Waals surface area contributed by atoms with Crippen LogP contribution in [-0.2, 0) is 9.57 Å². The Morgan fingerprint density at radius 3 is 2.76 bits per heavy atom. The first-order chi connectivity index (χ1) is 10.2. The number of ether oxygens (including phenoxy) is 1. The van der Waals surface area contributed by atoms with Crippen LogP contribution >= 0.6 is 0 Å². The van der Waals surface area contributed by atoms with Crippen LogP contribution in [0.1, 0.15) is 32.3 Å². The third kappa shape index (κ3) is 6.99. The fourth-order valence-electron chi connectivity index (χ4n) is 1.83. The largest absolute Gasteiger partial charge is 0.447 e. The number of carbonyl (C=O) groups excluding carboxylic acids is 1. The SMILES string of the molecule is CCCCNC(=O)OCCON(CC)c1cccc(C)c1. The molecule has 0 saturated carbocycles. The van der Waals surface area contributed by atoms with E-state index in [4.69, 9.17) is 9.57 Å². The van der Waals surface area contributed by atoms with E-state index in [1.54, 1.807) is 5.06 Å². The lowest BCUT2D eigenvalue weighted by Crippen LogP contribution is -2.29. The second-order valence-corrected chi connectivity index (χ2v) is 4.78. The molecule has 0 spiro atoms. The average Bonchev–Trinajstić information content (AvgIpc) is 2.47. The number of unbranched alkanes of at least 4 members (excludes halogenated alkanes) is 1. The number of hydroxylamine groups is 1. The summed E-state index contributed by atoms with van der Waals surface area (Å²) in [6, 6.07) is 8.09. The van der Waals surface area contributed by atoms with Gasteiger partial charge >= 0.3 is 6.09 Å². The maximum Gasteiger partial charge on any atom is 0.407 e. The lowest BCUT2D eigenvalue weighted by Gasteiger charge is -2.22. The Morgan fingerprint density at radius 1 is 1.29 bits per heavy atom. The number of carbonyl (C=O) groups is 1. The van der Waals surface area contributed by atoms with Crippen molar-refractivity contribution in [3.8, 4) is 0 Å². The Morgan fingerprint density at radius 2 is 2.10 bits per heavy atom. The Kier molecular flexibility index (Phi) is 8.28. The predicted octanol–water partition coefficient (Wildman–Crippen LogP) is 3.28. The van der Waals surface area contributed by atoms with E-state index < -0.39 is 0 Å². The molecule has 5 nitrogen and oxygen atoms in total. The first kappa shape index (κ1) is 17.3. The summed E-state index contributed by atoms with van der Waals surface area (Å²) in [5.74, 6) is 0. The zero-order valence-electron chi connectivity index (χ0n) is 13.2. The molecule has 1 amide bonds. The van der Waals surface area contributed by atoms with Crippen LogP contribution in [0.3, 0.4) is 0 Å². The highest BCUT2D eigenvalue weighted by Gasteiger charge is 2.06. The van der Waals surface area contributed by atoms with Gasteiger partial charge in [-0.05, 0) is 38.0 Å². The molecule has 1 aromatic carbocycles. The van der Waals surface area contributed by atoms with Crippen LogP contribution in [0.25, 0.3) is 0 Å². The van der Waals surface area contributed by atoms with Gasteiger partial charge in [0.05, 0.1) is 5.69 Å². The van der Waals surface area contributed by atoms with Gasteiger partial charge in [0.2, 0.25) is 0 Å². The Balaban J connectivity index is 2.25. The number of nitrogens with one attached hydrogen (secondary N) is 1. The quantitative estimate of drug-likeness (QED) is 0.561. The van der Waals surface area contributed by atoms with Crippen molar-refractivity contribution in [2.45, 2.75) is 33.6 Å². The second-order valence-electron chi connectivity index (χ2n) is 4.78. The van der Waals surface area contributed by atoms with E-state index in [0.717, 1.165) is 25.1 Å². The zero-order chi connectivity index (χ0) is 15.5. The topological polar surface area (TPSA) is 50.8 Å². The minimum absolute atomic E-state index is 0.236. The van der Waals surface area contributed by atoms with Crippen molar-refractivity contribution < 1.29 is 14.4 Å². The van der Waals surface area contributed by atoms with Gasteiger partial charge < -0.3 is 10.1 Å². The van der Waals surface area contributed by atoms with E-state index in [1.807, 2.05) is 32.0 Å². The van der Waals surface area contributed by atoms with Gasteiger partial charge in [-0.25, -0.2) is 4.79 Å². The number of aryl methyl sites for hydroxylation is 1. The molecule has 0 radical (unpaired) electrons. The lowest BCUT2D eigenvalue weighted by molar-refractivity contribution is 0.0598. The molecular weight excluding hydrogens is 268 g/mol. The summed E-state index contributed by atoms with van der Waals surface area (Å²) in [6.45, 7) is 8.09.